The Labute approximate surface area is 136 Å². The van der Waals surface area contributed by atoms with Gasteiger partial charge in [-0.3, -0.25) is 0 Å². The Bertz CT molecular complexity index is 423. The van der Waals surface area contributed by atoms with Crippen LogP contribution in [0.5, 0.6) is 0 Å². The minimum atomic E-state index is -0.328. The number of hydrogen-bond donors (Lipinski definition) is 2. The SMILES string of the molecule is CC(C)=CCCC(C)NC(C)C12CC3CC(CC(O)(C3)C1)C2. The average Bonchev–Trinajstić information content (AvgIpc) is 2.34. The molecule has 22 heavy (non-hydrogen) atoms. The topological polar surface area (TPSA) is 32.3 Å². The Kier molecular flexibility index (Phi) is 4.46. The van der Waals surface area contributed by atoms with Crippen molar-refractivity contribution >= 4 is 0 Å². The quantitative estimate of drug-likeness (QED) is 0.711. The number of nitrogens with one attached hydrogen (secondary N) is 1. The van der Waals surface area contributed by atoms with Gasteiger partial charge in [0.15, 0.2) is 0 Å². The van der Waals surface area contributed by atoms with Crippen molar-refractivity contribution in [1.82, 2.24) is 5.32 Å². The molecule has 0 aliphatic heterocycles. The van der Waals surface area contributed by atoms with E-state index in [4.69, 9.17) is 0 Å². The molecular formula is C20H35NO. The van der Waals surface area contributed by atoms with E-state index in [9.17, 15) is 5.11 Å². The van der Waals surface area contributed by atoms with Crippen molar-refractivity contribution in [3.8, 4) is 0 Å². The highest BCUT2D eigenvalue weighted by molar-refractivity contribution is 5.11. The van der Waals surface area contributed by atoms with Crippen LogP contribution in [-0.2, 0) is 0 Å². The first-order valence-corrected chi connectivity index (χ1v) is 9.42. The Hall–Kier alpha value is -0.340. The summed E-state index contributed by atoms with van der Waals surface area (Å²) in [5, 5.41) is 14.8. The van der Waals surface area contributed by atoms with Crippen molar-refractivity contribution in [2.45, 2.75) is 96.7 Å². The van der Waals surface area contributed by atoms with Crippen LogP contribution in [0, 0.1) is 17.3 Å². The molecule has 4 aliphatic rings. The second kappa shape index (κ2) is 5.94. The second-order valence-corrected chi connectivity index (χ2v) is 9.20. The van der Waals surface area contributed by atoms with Gasteiger partial charge in [0.2, 0.25) is 0 Å². The van der Waals surface area contributed by atoms with Crippen molar-refractivity contribution in [2.24, 2.45) is 17.3 Å². The van der Waals surface area contributed by atoms with E-state index in [-0.39, 0.29) is 5.60 Å². The molecule has 0 radical (unpaired) electrons. The van der Waals surface area contributed by atoms with Crippen molar-refractivity contribution in [2.75, 3.05) is 0 Å². The van der Waals surface area contributed by atoms with E-state index in [0.29, 0.717) is 17.5 Å². The maximum atomic E-state index is 10.9. The molecule has 0 heterocycles. The van der Waals surface area contributed by atoms with Crippen LogP contribution in [0.1, 0.15) is 79.1 Å². The average molecular weight is 306 g/mol. The molecule has 126 valence electrons. The minimum absolute atomic E-state index is 0.328. The van der Waals surface area contributed by atoms with Gasteiger partial charge in [-0.25, -0.2) is 0 Å². The monoisotopic (exact) mass is 305 g/mol. The summed E-state index contributed by atoms with van der Waals surface area (Å²) < 4.78 is 0. The predicted octanol–water partition coefficient (Wildman–Crippen LogP) is 4.43. The molecule has 4 fully saturated rings. The Morgan fingerprint density at radius 3 is 2.36 bits per heavy atom. The molecule has 2 heteroatoms. The zero-order chi connectivity index (χ0) is 16.0. The van der Waals surface area contributed by atoms with E-state index in [1.165, 1.54) is 37.7 Å². The third kappa shape index (κ3) is 3.28. The van der Waals surface area contributed by atoms with Gasteiger partial charge in [-0.2, -0.15) is 0 Å². The summed E-state index contributed by atoms with van der Waals surface area (Å²) in [5.41, 5.74) is 1.46. The molecule has 2 nitrogen and oxygen atoms in total. The molecule has 0 spiro atoms. The van der Waals surface area contributed by atoms with Gasteiger partial charge in [0.05, 0.1) is 5.60 Å². The van der Waals surface area contributed by atoms with Crippen LogP contribution in [0.2, 0.25) is 0 Å². The molecule has 4 atom stereocenters. The molecule has 2 N–H and O–H groups in total. The van der Waals surface area contributed by atoms with Gasteiger partial charge >= 0.3 is 0 Å². The maximum absolute atomic E-state index is 10.9. The molecule has 4 unspecified atom stereocenters. The van der Waals surface area contributed by atoms with Gasteiger partial charge in [-0.05, 0) is 96.3 Å². The molecular weight excluding hydrogens is 270 g/mol. The fourth-order valence-electron chi connectivity index (χ4n) is 6.10. The number of aliphatic hydroxyl groups is 1. The summed E-state index contributed by atoms with van der Waals surface area (Å²) in [6.45, 7) is 9.06. The lowest BCUT2D eigenvalue weighted by atomic mass is 9.46. The highest BCUT2D eigenvalue weighted by atomic mass is 16.3. The molecule has 4 aliphatic carbocycles. The fraction of sp³-hybridized carbons (Fsp3) is 0.900. The van der Waals surface area contributed by atoms with Crippen molar-refractivity contribution < 1.29 is 5.11 Å². The molecule has 0 aromatic rings. The molecule has 0 amide bonds. The van der Waals surface area contributed by atoms with E-state index in [1.54, 1.807) is 0 Å². The third-order valence-electron chi connectivity index (χ3n) is 6.68. The summed E-state index contributed by atoms with van der Waals surface area (Å²) in [7, 11) is 0. The number of hydrogen-bond acceptors (Lipinski definition) is 2. The van der Waals surface area contributed by atoms with E-state index < -0.39 is 0 Å². The summed E-state index contributed by atoms with van der Waals surface area (Å²) in [6, 6.07) is 1.10. The van der Waals surface area contributed by atoms with E-state index >= 15 is 0 Å². The predicted molar refractivity (Wildman–Crippen MR) is 92.8 cm³/mol. The Morgan fingerprint density at radius 2 is 1.82 bits per heavy atom. The van der Waals surface area contributed by atoms with Crippen LogP contribution in [0.3, 0.4) is 0 Å². The Morgan fingerprint density at radius 1 is 1.18 bits per heavy atom. The minimum Gasteiger partial charge on any atom is -0.390 e. The second-order valence-electron chi connectivity index (χ2n) is 9.20. The smallest absolute Gasteiger partial charge is 0.0659 e. The van der Waals surface area contributed by atoms with Crippen LogP contribution < -0.4 is 5.32 Å². The largest absolute Gasteiger partial charge is 0.390 e. The van der Waals surface area contributed by atoms with Gasteiger partial charge in [-0.1, -0.05) is 11.6 Å². The van der Waals surface area contributed by atoms with Crippen molar-refractivity contribution in [1.29, 1.82) is 0 Å². The van der Waals surface area contributed by atoms with Crippen LogP contribution in [0.25, 0.3) is 0 Å². The van der Waals surface area contributed by atoms with E-state index in [0.717, 1.165) is 31.1 Å². The third-order valence-corrected chi connectivity index (χ3v) is 6.68. The van der Waals surface area contributed by atoms with Crippen LogP contribution in [-0.4, -0.2) is 22.8 Å². The first-order chi connectivity index (χ1) is 10.3. The molecule has 4 saturated carbocycles. The summed E-state index contributed by atoms with van der Waals surface area (Å²) in [4.78, 5) is 0. The van der Waals surface area contributed by atoms with Gasteiger partial charge in [0.1, 0.15) is 0 Å². The standard InChI is InChI=1S/C20H35NO/c1-14(2)6-5-7-15(3)21-16(4)19-9-17-8-18(10-19)12-20(22,11-17)13-19/h6,15-18,21-22H,5,7-13H2,1-4H3. The van der Waals surface area contributed by atoms with Gasteiger partial charge < -0.3 is 10.4 Å². The van der Waals surface area contributed by atoms with Gasteiger partial charge in [0, 0.05) is 12.1 Å². The lowest BCUT2D eigenvalue weighted by Crippen LogP contribution is -2.61. The normalized spacial score (nSPS) is 42.2. The Balaban J connectivity index is 1.60. The summed E-state index contributed by atoms with van der Waals surface area (Å²) >= 11 is 0. The maximum Gasteiger partial charge on any atom is 0.0659 e. The number of rotatable bonds is 6. The van der Waals surface area contributed by atoms with Crippen LogP contribution in [0.4, 0.5) is 0 Å². The van der Waals surface area contributed by atoms with Crippen molar-refractivity contribution in [3.63, 3.8) is 0 Å². The van der Waals surface area contributed by atoms with Crippen LogP contribution in [0.15, 0.2) is 11.6 Å². The molecule has 4 rings (SSSR count). The lowest BCUT2D eigenvalue weighted by molar-refractivity contribution is -0.172. The summed E-state index contributed by atoms with van der Waals surface area (Å²) in [6.07, 6.45) is 12.0. The zero-order valence-corrected chi connectivity index (χ0v) is 15.0. The number of allylic oxidation sites excluding steroid dienone is 2. The first-order valence-electron chi connectivity index (χ1n) is 9.42. The summed E-state index contributed by atoms with van der Waals surface area (Å²) in [5.74, 6) is 1.58. The lowest BCUT2D eigenvalue weighted by Gasteiger charge is -2.62. The molecule has 0 aromatic heterocycles. The van der Waals surface area contributed by atoms with Gasteiger partial charge in [-0.15, -0.1) is 0 Å². The molecule has 4 bridgehead atoms. The van der Waals surface area contributed by atoms with E-state index in [2.05, 4.69) is 39.1 Å². The van der Waals surface area contributed by atoms with Gasteiger partial charge in [0.25, 0.3) is 0 Å². The zero-order valence-electron chi connectivity index (χ0n) is 15.0. The fourth-order valence-corrected chi connectivity index (χ4v) is 6.10. The highest BCUT2D eigenvalue weighted by Gasteiger charge is 2.58. The highest BCUT2D eigenvalue weighted by Crippen LogP contribution is 2.62. The van der Waals surface area contributed by atoms with Crippen molar-refractivity contribution in [3.05, 3.63) is 11.6 Å². The molecule has 0 saturated heterocycles. The molecule has 0 aromatic carbocycles. The van der Waals surface area contributed by atoms with Crippen LogP contribution >= 0.6 is 0 Å². The van der Waals surface area contributed by atoms with E-state index in [1.807, 2.05) is 0 Å². The first kappa shape index (κ1) is 16.5.